The summed E-state index contributed by atoms with van der Waals surface area (Å²) >= 11 is 6.99. The van der Waals surface area contributed by atoms with Crippen molar-refractivity contribution < 1.29 is 14.2 Å². The fraction of sp³-hybridized carbons (Fsp3) is 0.857. The Morgan fingerprint density at radius 1 is 0.515 bits per heavy atom. The molecule has 0 rings (SSSR count). The maximum atomic E-state index is 6.18. The molecule has 33 heavy (non-hydrogen) atoms. The summed E-state index contributed by atoms with van der Waals surface area (Å²) in [6.45, 7) is 5.38. The molecule has 0 N–H and O–H groups in total. The molecule has 3 nitrogen and oxygen atoms in total. The molecule has 0 aromatic rings. The van der Waals surface area contributed by atoms with Crippen LogP contribution in [0, 0.1) is 0 Å². The van der Waals surface area contributed by atoms with Gasteiger partial charge in [-0.15, -0.1) is 0 Å². The molecule has 0 aliphatic heterocycles. The lowest BCUT2D eigenvalue weighted by Crippen LogP contribution is -2.27. The van der Waals surface area contributed by atoms with E-state index in [2.05, 4.69) is 56.2 Å². The van der Waals surface area contributed by atoms with E-state index in [1.54, 1.807) is 0 Å². The van der Waals surface area contributed by atoms with Gasteiger partial charge >= 0.3 is 0 Å². The van der Waals surface area contributed by atoms with Gasteiger partial charge < -0.3 is 14.2 Å². The van der Waals surface area contributed by atoms with Gasteiger partial charge in [-0.25, -0.2) is 0 Å². The van der Waals surface area contributed by atoms with Gasteiger partial charge in [-0.1, -0.05) is 94.7 Å². The number of halogens is 2. The predicted octanol–water partition coefficient (Wildman–Crippen LogP) is 9.87. The number of unbranched alkanes of at least 4 members (excludes halogenated alkanes) is 10. The number of hydrogen-bond acceptors (Lipinski definition) is 3. The molecule has 0 amide bonds. The topological polar surface area (TPSA) is 27.7 Å². The summed E-state index contributed by atoms with van der Waals surface area (Å²) in [5.74, 6) is 0. The standard InChI is InChI=1S/C28H52Br2O3/c1-3-31-27(23-19-15-11-7-5-9-13-17-21-25-29)33-28(32-4-2)24-20-16-12-8-6-10-14-18-22-26-30/h11-12,15-16,27-28H,3-10,13-14,17-26H2,1-2H3. The maximum Gasteiger partial charge on any atom is 0.161 e. The zero-order chi connectivity index (χ0) is 24.2. The number of rotatable bonds is 26. The van der Waals surface area contributed by atoms with E-state index in [0.29, 0.717) is 13.2 Å². The molecule has 0 heterocycles. The molecular weight excluding hydrogens is 544 g/mol. The van der Waals surface area contributed by atoms with E-state index in [9.17, 15) is 0 Å². The lowest BCUT2D eigenvalue weighted by atomic mass is 10.1. The zero-order valence-electron chi connectivity index (χ0n) is 21.6. The lowest BCUT2D eigenvalue weighted by Gasteiger charge is -2.24. The normalized spacial score (nSPS) is 13.9. The van der Waals surface area contributed by atoms with Crippen molar-refractivity contribution >= 4 is 31.9 Å². The molecule has 196 valence electrons. The van der Waals surface area contributed by atoms with E-state index in [-0.39, 0.29) is 12.6 Å². The first-order valence-electron chi connectivity index (χ1n) is 13.6. The predicted molar refractivity (Wildman–Crippen MR) is 152 cm³/mol. The van der Waals surface area contributed by atoms with E-state index < -0.39 is 0 Å². The zero-order valence-corrected chi connectivity index (χ0v) is 24.8. The van der Waals surface area contributed by atoms with Crippen LogP contribution in [0.4, 0.5) is 0 Å². The number of allylic oxidation sites excluding steroid dienone is 4. The van der Waals surface area contributed by atoms with Gasteiger partial charge in [0.25, 0.3) is 0 Å². The summed E-state index contributed by atoms with van der Waals surface area (Å²) < 4.78 is 17.9. The van der Waals surface area contributed by atoms with Crippen molar-refractivity contribution in [3.8, 4) is 0 Å². The quantitative estimate of drug-likeness (QED) is 0.0431. The van der Waals surface area contributed by atoms with E-state index in [4.69, 9.17) is 14.2 Å². The monoisotopic (exact) mass is 594 g/mol. The summed E-state index contributed by atoms with van der Waals surface area (Å²) in [6.07, 6.45) is 28.2. The molecule has 0 aromatic heterocycles. The second kappa shape index (κ2) is 28.6. The van der Waals surface area contributed by atoms with Crippen molar-refractivity contribution in [2.45, 2.75) is 129 Å². The summed E-state index contributed by atoms with van der Waals surface area (Å²) in [7, 11) is 0. The van der Waals surface area contributed by atoms with Crippen molar-refractivity contribution in [3.63, 3.8) is 0 Å². The highest BCUT2D eigenvalue weighted by Gasteiger charge is 2.16. The van der Waals surface area contributed by atoms with Crippen LogP contribution in [0.15, 0.2) is 24.3 Å². The van der Waals surface area contributed by atoms with Gasteiger partial charge in [-0.3, -0.25) is 0 Å². The molecule has 0 aliphatic rings. The van der Waals surface area contributed by atoms with Gasteiger partial charge in [0.05, 0.1) is 0 Å². The Labute approximate surface area is 222 Å². The third kappa shape index (κ3) is 25.2. The van der Waals surface area contributed by atoms with Crippen molar-refractivity contribution in [1.82, 2.24) is 0 Å². The van der Waals surface area contributed by atoms with Gasteiger partial charge in [-0.05, 0) is 65.2 Å². The molecular formula is C28H52Br2O3. The Morgan fingerprint density at radius 2 is 0.879 bits per heavy atom. The van der Waals surface area contributed by atoms with Crippen LogP contribution in [0.5, 0.6) is 0 Å². The molecule has 2 atom stereocenters. The summed E-state index contributed by atoms with van der Waals surface area (Å²) in [5, 5.41) is 2.27. The SMILES string of the molecule is CCOC(CCC=CCCCCCCCBr)OC(CCC=CCCCCCCCBr)OCC. The number of hydrogen-bond donors (Lipinski definition) is 0. The minimum absolute atomic E-state index is 0.191. The first kappa shape index (κ1) is 33.3. The van der Waals surface area contributed by atoms with Crippen LogP contribution in [0.1, 0.15) is 117 Å². The van der Waals surface area contributed by atoms with Crippen molar-refractivity contribution in [1.29, 1.82) is 0 Å². The highest BCUT2D eigenvalue weighted by atomic mass is 79.9. The molecule has 0 radical (unpaired) electrons. The van der Waals surface area contributed by atoms with E-state index in [1.165, 1.54) is 77.0 Å². The number of alkyl halides is 2. The Morgan fingerprint density at radius 3 is 1.27 bits per heavy atom. The van der Waals surface area contributed by atoms with E-state index in [0.717, 1.165) is 36.3 Å². The molecule has 0 saturated heterocycles. The van der Waals surface area contributed by atoms with Crippen LogP contribution >= 0.6 is 31.9 Å². The molecule has 0 aliphatic carbocycles. The minimum Gasteiger partial charge on any atom is -0.353 e. The second-order valence-electron chi connectivity index (χ2n) is 8.49. The first-order valence-corrected chi connectivity index (χ1v) is 15.8. The van der Waals surface area contributed by atoms with Gasteiger partial charge in [0.15, 0.2) is 12.6 Å². The highest BCUT2D eigenvalue weighted by Crippen LogP contribution is 2.15. The largest absolute Gasteiger partial charge is 0.353 e. The van der Waals surface area contributed by atoms with Crippen molar-refractivity contribution in [2.24, 2.45) is 0 Å². The third-order valence-corrected chi connectivity index (χ3v) is 6.61. The van der Waals surface area contributed by atoms with E-state index >= 15 is 0 Å². The summed E-state index contributed by atoms with van der Waals surface area (Å²) in [4.78, 5) is 0. The Bertz CT molecular complexity index is 391. The third-order valence-electron chi connectivity index (χ3n) is 5.49. The minimum atomic E-state index is -0.191. The van der Waals surface area contributed by atoms with Crippen LogP contribution in [-0.4, -0.2) is 36.5 Å². The Kier molecular flexibility index (Phi) is 28.8. The molecule has 0 aromatic carbocycles. The molecule has 0 fully saturated rings. The Balaban J connectivity index is 4.03. The van der Waals surface area contributed by atoms with Gasteiger partial charge in [0.1, 0.15) is 0 Å². The molecule has 0 saturated carbocycles. The fourth-order valence-corrected chi connectivity index (χ4v) is 4.43. The van der Waals surface area contributed by atoms with Crippen molar-refractivity contribution in [3.05, 3.63) is 24.3 Å². The van der Waals surface area contributed by atoms with E-state index in [1.807, 2.05) is 13.8 Å². The Hall–Kier alpha value is 0.320. The fourth-order valence-electron chi connectivity index (χ4n) is 3.63. The lowest BCUT2D eigenvalue weighted by molar-refractivity contribution is -0.246. The molecule has 0 spiro atoms. The van der Waals surface area contributed by atoms with Gasteiger partial charge in [0.2, 0.25) is 0 Å². The second-order valence-corrected chi connectivity index (χ2v) is 10.1. The summed E-state index contributed by atoms with van der Waals surface area (Å²) in [6, 6.07) is 0. The average Bonchev–Trinajstić information content (AvgIpc) is 2.81. The van der Waals surface area contributed by atoms with Crippen LogP contribution in [-0.2, 0) is 14.2 Å². The molecule has 5 heteroatoms. The molecule has 0 bridgehead atoms. The van der Waals surface area contributed by atoms with Crippen LogP contribution in [0.2, 0.25) is 0 Å². The van der Waals surface area contributed by atoms with Crippen molar-refractivity contribution in [2.75, 3.05) is 23.9 Å². The highest BCUT2D eigenvalue weighted by molar-refractivity contribution is 9.09. The smallest absolute Gasteiger partial charge is 0.161 e. The van der Waals surface area contributed by atoms with Gasteiger partial charge in [-0.2, -0.15) is 0 Å². The average molecular weight is 597 g/mol. The van der Waals surface area contributed by atoms with Crippen LogP contribution in [0.25, 0.3) is 0 Å². The molecule has 2 unspecified atom stereocenters. The number of ether oxygens (including phenoxy) is 3. The summed E-state index contributed by atoms with van der Waals surface area (Å²) in [5.41, 5.74) is 0. The van der Waals surface area contributed by atoms with Crippen LogP contribution in [0.3, 0.4) is 0 Å². The van der Waals surface area contributed by atoms with Crippen LogP contribution < -0.4 is 0 Å². The maximum absolute atomic E-state index is 6.18. The first-order chi connectivity index (χ1) is 16.3. The van der Waals surface area contributed by atoms with Gasteiger partial charge in [0, 0.05) is 36.7 Å².